The summed E-state index contributed by atoms with van der Waals surface area (Å²) in [7, 11) is 0. The Kier molecular flexibility index (Phi) is 3.53. The lowest BCUT2D eigenvalue weighted by Gasteiger charge is -2.36. The molecule has 0 aromatic heterocycles. The summed E-state index contributed by atoms with van der Waals surface area (Å²) in [6.07, 6.45) is 3.86. The van der Waals surface area contributed by atoms with Gasteiger partial charge in [0.15, 0.2) is 5.17 Å². The minimum Gasteiger partial charge on any atom is -0.362 e. The standard InChI is InChI=1S/C13H24N2S/c1-9-7-10(8-9)14-12-15-11(5-6-16-12)13(2,3)4/h9-11H,5-8H2,1-4H3,(H,14,15). The minimum atomic E-state index is 0.306. The zero-order chi connectivity index (χ0) is 11.8. The summed E-state index contributed by atoms with van der Waals surface area (Å²) >= 11 is 1.90. The summed E-state index contributed by atoms with van der Waals surface area (Å²) in [6, 6.07) is 1.19. The molecule has 1 atom stereocenters. The second-order valence-electron chi connectivity index (χ2n) is 6.37. The molecule has 0 aromatic rings. The van der Waals surface area contributed by atoms with Crippen LogP contribution >= 0.6 is 11.8 Å². The van der Waals surface area contributed by atoms with E-state index in [0.29, 0.717) is 17.5 Å². The largest absolute Gasteiger partial charge is 0.362 e. The summed E-state index contributed by atoms with van der Waals surface area (Å²) < 4.78 is 0. The predicted molar refractivity (Wildman–Crippen MR) is 73.1 cm³/mol. The van der Waals surface area contributed by atoms with Crippen LogP contribution in [0.25, 0.3) is 0 Å². The molecule has 1 N–H and O–H groups in total. The fraction of sp³-hybridized carbons (Fsp3) is 0.923. The number of thioether (sulfide) groups is 1. The van der Waals surface area contributed by atoms with E-state index >= 15 is 0 Å². The van der Waals surface area contributed by atoms with Crippen LogP contribution < -0.4 is 5.32 Å². The van der Waals surface area contributed by atoms with Crippen molar-refractivity contribution >= 4 is 16.9 Å². The third-order valence-corrected chi connectivity index (χ3v) is 4.54. The van der Waals surface area contributed by atoms with Gasteiger partial charge in [-0.3, -0.25) is 4.99 Å². The first-order chi connectivity index (χ1) is 7.45. The first kappa shape index (κ1) is 12.3. The molecule has 92 valence electrons. The second kappa shape index (κ2) is 4.59. The highest BCUT2D eigenvalue weighted by Crippen LogP contribution is 2.32. The molecule has 2 rings (SSSR count). The quantitative estimate of drug-likeness (QED) is 0.760. The van der Waals surface area contributed by atoms with Crippen molar-refractivity contribution in [3.05, 3.63) is 0 Å². The summed E-state index contributed by atoms with van der Waals surface area (Å²) in [5.74, 6) is 2.13. The molecule has 0 aromatic carbocycles. The highest BCUT2D eigenvalue weighted by atomic mass is 32.2. The summed E-state index contributed by atoms with van der Waals surface area (Å²) in [5.41, 5.74) is 0.306. The van der Waals surface area contributed by atoms with Crippen LogP contribution in [-0.4, -0.2) is 23.0 Å². The van der Waals surface area contributed by atoms with Crippen molar-refractivity contribution in [2.75, 3.05) is 5.75 Å². The average Bonchev–Trinajstić information content (AvgIpc) is 2.14. The molecule has 3 heteroatoms. The molecule has 1 heterocycles. The van der Waals surface area contributed by atoms with Crippen molar-refractivity contribution < 1.29 is 0 Å². The maximum atomic E-state index is 4.87. The van der Waals surface area contributed by atoms with Gasteiger partial charge in [-0.05, 0) is 30.6 Å². The molecule has 1 unspecified atom stereocenters. The molecule has 0 spiro atoms. The highest BCUT2D eigenvalue weighted by Gasteiger charge is 2.30. The monoisotopic (exact) mass is 240 g/mol. The van der Waals surface area contributed by atoms with Gasteiger partial charge >= 0.3 is 0 Å². The first-order valence-electron chi connectivity index (χ1n) is 6.42. The van der Waals surface area contributed by atoms with Crippen LogP contribution in [0.15, 0.2) is 4.99 Å². The average molecular weight is 240 g/mol. The van der Waals surface area contributed by atoms with Crippen molar-refractivity contribution in [1.29, 1.82) is 0 Å². The molecule has 0 bridgehead atoms. The number of rotatable bonds is 1. The first-order valence-corrected chi connectivity index (χ1v) is 7.41. The van der Waals surface area contributed by atoms with Crippen molar-refractivity contribution in [3.63, 3.8) is 0 Å². The van der Waals surface area contributed by atoms with Gasteiger partial charge in [-0.1, -0.05) is 39.5 Å². The van der Waals surface area contributed by atoms with Crippen LogP contribution in [0.2, 0.25) is 0 Å². The van der Waals surface area contributed by atoms with E-state index in [9.17, 15) is 0 Å². The maximum absolute atomic E-state index is 4.87. The molecule has 0 radical (unpaired) electrons. The second-order valence-corrected chi connectivity index (χ2v) is 7.45. The van der Waals surface area contributed by atoms with Gasteiger partial charge in [0.05, 0.1) is 6.04 Å². The van der Waals surface area contributed by atoms with Gasteiger partial charge in [0, 0.05) is 11.8 Å². The molecule has 1 aliphatic heterocycles. The number of nitrogens with one attached hydrogen (secondary N) is 1. The van der Waals surface area contributed by atoms with Crippen molar-refractivity contribution in [2.24, 2.45) is 16.3 Å². The molecule has 1 saturated carbocycles. The third kappa shape index (κ3) is 2.93. The molecule has 0 saturated heterocycles. The van der Waals surface area contributed by atoms with Crippen molar-refractivity contribution in [3.8, 4) is 0 Å². The van der Waals surface area contributed by atoms with E-state index in [0.717, 1.165) is 5.92 Å². The highest BCUT2D eigenvalue weighted by molar-refractivity contribution is 8.13. The summed E-state index contributed by atoms with van der Waals surface area (Å²) in [5, 5.41) is 4.80. The molecule has 1 fully saturated rings. The Balaban J connectivity index is 1.91. The normalized spacial score (nSPS) is 35.2. The van der Waals surface area contributed by atoms with Crippen LogP contribution in [0.4, 0.5) is 0 Å². The molecule has 0 amide bonds. The van der Waals surface area contributed by atoms with E-state index in [1.165, 1.54) is 30.2 Å². The van der Waals surface area contributed by atoms with E-state index in [2.05, 4.69) is 33.0 Å². The molecule has 2 aliphatic rings. The molecule has 16 heavy (non-hydrogen) atoms. The Morgan fingerprint density at radius 1 is 1.31 bits per heavy atom. The van der Waals surface area contributed by atoms with Crippen molar-refractivity contribution in [1.82, 2.24) is 5.32 Å². The Morgan fingerprint density at radius 3 is 2.56 bits per heavy atom. The van der Waals surface area contributed by atoms with Gasteiger partial charge in [-0.25, -0.2) is 0 Å². The van der Waals surface area contributed by atoms with Crippen molar-refractivity contribution in [2.45, 2.75) is 59.0 Å². The SMILES string of the molecule is CC1CC(NC2=NC(C(C)(C)C)CCS2)C1. The summed E-state index contributed by atoms with van der Waals surface area (Å²) in [4.78, 5) is 4.87. The number of aliphatic imine (C=N–C) groups is 1. The molecular formula is C13H24N2S. The lowest BCUT2D eigenvalue weighted by Crippen LogP contribution is -2.44. The van der Waals surface area contributed by atoms with Crippen LogP contribution in [-0.2, 0) is 0 Å². The number of nitrogens with zero attached hydrogens (tertiary/aromatic N) is 1. The van der Waals surface area contributed by atoms with Gasteiger partial charge in [-0.15, -0.1) is 0 Å². The Bertz CT molecular complexity index is 274. The van der Waals surface area contributed by atoms with Crippen LogP contribution in [0.5, 0.6) is 0 Å². The fourth-order valence-electron chi connectivity index (χ4n) is 2.41. The van der Waals surface area contributed by atoms with Crippen LogP contribution in [0.1, 0.15) is 47.0 Å². The molecule has 1 aliphatic carbocycles. The molecular weight excluding hydrogens is 216 g/mol. The molecule has 2 nitrogen and oxygen atoms in total. The summed E-state index contributed by atoms with van der Waals surface area (Å²) in [6.45, 7) is 9.20. The van der Waals surface area contributed by atoms with E-state index in [-0.39, 0.29) is 0 Å². The van der Waals surface area contributed by atoms with Gasteiger partial charge in [0.25, 0.3) is 0 Å². The predicted octanol–water partition coefficient (Wildman–Crippen LogP) is 3.28. The Labute approximate surface area is 104 Å². The zero-order valence-corrected chi connectivity index (χ0v) is 11.7. The van der Waals surface area contributed by atoms with Gasteiger partial charge in [0.2, 0.25) is 0 Å². The lowest BCUT2D eigenvalue weighted by molar-refractivity contribution is 0.266. The number of amidine groups is 1. The Hall–Kier alpha value is -0.180. The zero-order valence-electron chi connectivity index (χ0n) is 10.9. The van der Waals surface area contributed by atoms with E-state index in [1.807, 2.05) is 11.8 Å². The van der Waals surface area contributed by atoms with Crippen LogP contribution in [0.3, 0.4) is 0 Å². The number of hydrogen-bond donors (Lipinski definition) is 1. The topological polar surface area (TPSA) is 24.4 Å². The lowest BCUT2D eigenvalue weighted by atomic mass is 9.82. The maximum Gasteiger partial charge on any atom is 0.157 e. The van der Waals surface area contributed by atoms with E-state index < -0.39 is 0 Å². The Morgan fingerprint density at radius 2 is 2.00 bits per heavy atom. The van der Waals surface area contributed by atoms with Crippen LogP contribution in [0, 0.1) is 11.3 Å². The smallest absolute Gasteiger partial charge is 0.157 e. The third-order valence-electron chi connectivity index (χ3n) is 3.60. The number of hydrogen-bond acceptors (Lipinski definition) is 3. The fourth-order valence-corrected chi connectivity index (χ4v) is 3.40. The van der Waals surface area contributed by atoms with Gasteiger partial charge in [-0.2, -0.15) is 0 Å². The minimum absolute atomic E-state index is 0.306. The van der Waals surface area contributed by atoms with Gasteiger partial charge in [0.1, 0.15) is 0 Å². The van der Waals surface area contributed by atoms with E-state index in [4.69, 9.17) is 4.99 Å². The van der Waals surface area contributed by atoms with Gasteiger partial charge < -0.3 is 5.32 Å². The van der Waals surface area contributed by atoms with E-state index in [1.54, 1.807) is 0 Å².